The highest BCUT2D eigenvalue weighted by molar-refractivity contribution is 5.22. The second-order valence-corrected chi connectivity index (χ2v) is 5.50. The largest absolute Gasteiger partial charge is 0.498 e. The Balaban J connectivity index is 3.34. The Morgan fingerprint density at radius 3 is 2.09 bits per heavy atom. The van der Waals surface area contributed by atoms with Crippen LogP contribution in [0, 0.1) is 11.8 Å². The van der Waals surface area contributed by atoms with Gasteiger partial charge in [-0.1, -0.05) is 56.4 Å². The summed E-state index contributed by atoms with van der Waals surface area (Å²) >= 11 is 0. The van der Waals surface area contributed by atoms with Crippen LogP contribution in [-0.2, 0) is 4.74 Å². The zero-order chi connectivity index (χ0) is 17.0. The SMILES string of the molecule is OCCCCCCCCCC/C=C\C#C/C=C\OCC(O)CO. The number of aliphatic hydroxyl groups excluding tert-OH is 3. The quantitative estimate of drug-likeness (QED) is 0.261. The van der Waals surface area contributed by atoms with E-state index in [0.717, 1.165) is 19.3 Å². The van der Waals surface area contributed by atoms with Crippen molar-refractivity contribution in [3.05, 3.63) is 24.5 Å². The van der Waals surface area contributed by atoms with Crippen molar-refractivity contribution >= 4 is 0 Å². The fourth-order valence-electron chi connectivity index (χ4n) is 1.97. The minimum absolute atomic E-state index is 0.0754. The molecular formula is C19H32O4. The Bertz CT molecular complexity index is 352. The van der Waals surface area contributed by atoms with Crippen LogP contribution in [-0.4, -0.2) is 41.2 Å². The average molecular weight is 324 g/mol. The summed E-state index contributed by atoms with van der Waals surface area (Å²) in [5.41, 5.74) is 0. The summed E-state index contributed by atoms with van der Waals surface area (Å²) in [6.45, 7) is 0.100. The predicted molar refractivity (Wildman–Crippen MR) is 93.7 cm³/mol. The first-order valence-corrected chi connectivity index (χ1v) is 8.63. The molecule has 4 nitrogen and oxygen atoms in total. The fourth-order valence-corrected chi connectivity index (χ4v) is 1.97. The first-order chi connectivity index (χ1) is 11.3. The first kappa shape index (κ1) is 21.7. The van der Waals surface area contributed by atoms with E-state index in [9.17, 15) is 0 Å². The second-order valence-electron chi connectivity index (χ2n) is 5.50. The van der Waals surface area contributed by atoms with Crippen LogP contribution < -0.4 is 0 Å². The second kappa shape index (κ2) is 18.8. The molecule has 0 aliphatic carbocycles. The molecule has 0 bridgehead atoms. The molecule has 0 saturated carbocycles. The molecule has 0 aromatic rings. The Morgan fingerprint density at radius 2 is 1.43 bits per heavy atom. The molecule has 132 valence electrons. The number of allylic oxidation sites excluding steroid dienone is 3. The van der Waals surface area contributed by atoms with Gasteiger partial charge in [0.1, 0.15) is 12.7 Å². The molecule has 1 unspecified atom stereocenters. The Kier molecular flexibility index (Phi) is 17.7. The molecule has 0 fully saturated rings. The van der Waals surface area contributed by atoms with Crippen LogP contribution in [0.4, 0.5) is 0 Å². The van der Waals surface area contributed by atoms with Crippen molar-refractivity contribution in [3.8, 4) is 11.8 Å². The molecule has 0 aromatic carbocycles. The molecule has 3 N–H and O–H groups in total. The summed E-state index contributed by atoms with van der Waals surface area (Å²) < 4.78 is 4.97. The van der Waals surface area contributed by atoms with Crippen molar-refractivity contribution in [3.63, 3.8) is 0 Å². The third kappa shape index (κ3) is 18.7. The van der Waals surface area contributed by atoms with E-state index in [0.29, 0.717) is 6.61 Å². The van der Waals surface area contributed by atoms with Crippen molar-refractivity contribution in [2.75, 3.05) is 19.8 Å². The summed E-state index contributed by atoms with van der Waals surface area (Å²) in [4.78, 5) is 0. The lowest BCUT2D eigenvalue weighted by atomic mass is 10.1. The van der Waals surface area contributed by atoms with Gasteiger partial charge in [0.2, 0.25) is 0 Å². The fraction of sp³-hybridized carbons (Fsp3) is 0.684. The van der Waals surface area contributed by atoms with Gasteiger partial charge in [-0.25, -0.2) is 0 Å². The van der Waals surface area contributed by atoms with E-state index in [1.165, 1.54) is 44.8 Å². The van der Waals surface area contributed by atoms with Crippen molar-refractivity contribution in [1.82, 2.24) is 0 Å². The van der Waals surface area contributed by atoms with Gasteiger partial charge in [-0.15, -0.1) is 0 Å². The molecule has 0 heterocycles. The third-order valence-electron chi connectivity index (χ3n) is 3.31. The summed E-state index contributed by atoms with van der Waals surface area (Å²) in [6.07, 6.45) is 16.8. The van der Waals surface area contributed by atoms with Gasteiger partial charge in [0.25, 0.3) is 0 Å². The molecule has 0 aliphatic heterocycles. The first-order valence-electron chi connectivity index (χ1n) is 8.63. The van der Waals surface area contributed by atoms with Gasteiger partial charge in [-0.2, -0.15) is 0 Å². The maximum absolute atomic E-state index is 9.02. The summed E-state index contributed by atoms with van der Waals surface area (Å²) in [5, 5.41) is 26.3. The molecule has 0 aliphatic rings. The average Bonchev–Trinajstić information content (AvgIpc) is 2.57. The van der Waals surface area contributed by atoms with E-state index in [1.807, 2.05) is 6.08 Å². The van der Waals surface area contributed by atoms with Crippen LogP contribution in [0.2, 0.25) is 0 Å². The van der Waals surface area contributed by atoms with E-state index in [4.69, 9.17) is 20.1 Å². The van der Waals surface area contributed by atoms with Crippen molar-refractivity contribution in [2.45, 2.75) is 63.9 Å². The van der Waals surface area contributed by atoms with Gasteiger partial charge in [-0.3, -0.25) is 0 Å². The van der Waals surface area contributed by atoms with Crippen molar-refractivity contribution in [2.24, 2.45) is 0 Å². The summed E-state index contributed by atoms with van der Waals surface area (Å²) in [5.74, 6) is 5.70. The molecule has 0 radical (unpaired) electrons. The smallest absolute Gasteiger partial charge is 0.115 e. The predicted octanol–water partition coefficient (Wildman–Crippen LogP) is 2.93. The van der Waals surface area contributed by atoms with Crippen LogP contribution >= 0.6 is 0 Å². The maximum Gasteiger partial charge on any atom is 0.115 e. The minimum atomic E-state index is -0.840. The van der Waals surface area contributed by atoms with Gasteiger partial charge in [0, 0.05) is 12.7 Å². The molecule has 23 heavy (non-hydrogen) atoms. The highest BCUT2D eigenvalue weighted by Gasteiger charge is 1.98. The Morgan fingerprint density at radius 1 is 0.826 bits per heavy atom. The summed E-state index contributed by atoms with van der Waals surface area (Å²) in [6, 6.07) is 0. The molecule has 0 amide bonds. The van der Waals surface area contributed by atoms with E-state index in [1.54, 1.807) is 6.08 Å². The number of aliphatic hydroxyl groups is 3. The van der Waals surface area contributed by atoms with Crippen LogP contribution in [0.15, 0.2) is 24.5 Å². The zero-order valence-electron chi connectivity index (χ0n) is 14.1. The normalized spacial score (nSPS) is 12.5. The van der Waals surface area contributed by atoms with Crippen molar-refractivity contribution < 1.29 is 20.1 Å². The molecule has 0 saturated heterocycles. The van der Waals surface area contributed by atoms with E-state index >= 15 is 0 Å². The van der Waals surface area contributed by atoms with E-state index < -0.39 is 6.10 Å². The minimum Gasteiger partial charge on any atom is -0.498 e. The molecular weight excluding hydrogens is 292 g/mol. The lowest BCUT2D eigenvalue weighted by Gasteiger charge is -2.04. The van der Waals surface area contributed by atoms with Crippen LogP contribution in [0.5, 0.6) is 0 Å². The molecule has 4 heteroatoms. The zero-order valence-corrected chi connectivity index (χ0v) is 14.1. The van der Waals surface area contributed by atoms with Gasteiger partial charge < -0.3 is 20.1 Å². The van der Waals surface area contributed by atoms with Crippen LogP contribution in [0.25, 0.3) is 0 Å². The highest BCUT2D eigenvalue weighted by atomic mass is 16.5. The molecule has 0 aromatic heterocycles. The molecule has 0 rings (SSSR count). The van der Waals surface area contributed by atoms with Gasteiger partial charge in [0.15, 0.2) is 0 Å². The van der Waals surface area contributed by atoms with E-state index in [2.05, 4.69) is 17.9 Å². The number of unbranched alkanes of at least 4 members (excludes halogenated alkanes) is 8. The van der Waals surface area contributed by atoms with E-state index in [-0.39, 0.29) is 13.2 Å². The van der Waals surface area contributed by atoms with Crippen LogP contribution in [0.3, 0.4) is 0 Å². The van der Waals surface area contributed by atoms with Crippen molar-refractivity contribution in [1.29, 1.82) is 0 Å². The number of hydrogen-bond donors (Lipinski definition) is 3. The number of hydrogen-bond acceptors (Lipinski definition) is 4. The van der Waals surface area contributed by atoms with Gasteiger partial charge in [0.05, 0.1) is 12.9 Å². The monoisotopic (exact) mass is 324 g/mol. The summed E-state index contributed by atoms with van der Waals surface area (Å²) in [7, 11) is 0. The topological polar surface area (TPSA) is 69.9 Å². The van der Waals surface area contributed by atoms with Crippen LogP contribution in [0.1, 0.15) is 57.8 Å². The van der Waals surface area contributed by atoms with Gasteiger partial charge in [-0.05, 0) is 25.3 Å². The third-order valence-corrected chi connectivity index (χ3v) is 3.31. The Hall–Kier alpha value is -1.28. The molecule has 0 spiro atoms. The lowest BCUT2D eigenvalue weighted by Crippen LogP contribution is -2.17. The maximum atomic E-state index is 9.02. The Labute approximate surface area is 140 Å². The highest BCUT2D eigenvalue weighted by Crippen LogP contribution is 2.09. The number of rotatable bonds is 14. The number of ether oxygens (including phenoxy) is 1. The standard InChI is InChI=1S/C19H32O4/c20-15-13-11-9-7-5-3-1-2-4-6-8-10-12-14-16-23-18-19(22)17-21/h6,8,14,16,19-22H,1-5,7,9,11,13,15,17-18H2/b8-6-,16-14-. The lowest BCUT2D eigenvalue weighted by molar-refractivity contribution is 0.0385. The van der Waals surface area contributed by atoms with Gasteiger partial charge >= 0.3 is 0 Å². The molecule has 1 atom stereocenters.